The normalized spacial score (nSPS) is 33.5. The predicted molar refractivity (Wildman–Crippen MR) is 69.4 cm³/mol. The van der Waals surface area contributed by atoms with E-state index in [1.807, 2.05) is 6.92 Å². The fourth-order valence-corrected chi connectivity index (χ4v) is 4.69. The maximum atomic E-state index is 11.5. The molecule has 2 fully saturated rings. The summed E-state index contributed by atoms with van der Waals surface area (Å²) >= 11 is 0. The molecule has 0 aromatic carbocycles. The van der Waals surface area contributed by atoms with Crippen LogP contribution in [0.5, 0.6) is 0 Å². The fourth-order valence-electron chi connectivity index (χ4n) is 2.56. The summed E-state index contributed by atoms with van der Waals surface area (Å²) in [6, 6.07) is 0. The van der Waals surface area contributed by atoms with Crippen molar-refractivity contribution in [1.82, 2.24) is 5.32 Å². The summed E-state index contributed by atoms with van der Waals surface area (Å²) < 4.78 is 23.0. The van der Waals surface area contributed by atoms with Crippen LogP contribution in [-0.2, 0) is 9.84 Å². The van der Waals surface area contributed by atoms with Gasteiger partial charge in [0, 0.05) is 18.5 Å². The van der Waals surface area contributed by atoms with Crippen molar-refractivity contribution in [3.8, 4) is 0 Å². The summed E-state index contributed by atoms with van der Waals surface area (Å²) in [5.41, 5.74) is 5.28. The lowest BCUT2D eigenvalue weighted by Gasteiger charge is -2.27. The number of amidine groups is 1. The SMILES string of the molecule is CC1(NCC2(CC(N)=NO)CC2)CCS(=O)(=O)C1. The number of hydrogen-bond acceptors (Lipinski definition) is 5. The Morgan fingerprint density at radius 1 is 1.44 bits per heavy atom. The molecule has 0 bridgehead atoms. The van der Waals surface area contributed by atoms with Gasteiger partial charge in [-0.05, 0) is 31.6 Å². The van der Waals surface area contributed by atoms with Crippen LogP contribution in [0.25, 0.3) is 0 Å². The third-order valence-corrected chi connectivity index (χ3v) is 5.94. The molecule has 0 aromatic heterocycles. The lowest BCUT2D eigenvalue weighted by atomic mass is 9.97. The average molecular weight is 275 g/mol. The van der Waals surface area contributed by atoms with E-state index in [1.165, 1.54) is 0 Å². The first-order chi connectivity index (χ1) is 8.28. The molecular weight excluding hydrogens is 254 g/mol. The van der Waals surface area contributed by atoms with Crippen molar-refractivity contribution in [2.24, 2.45) is 16.3 Å². The van der Waals surface area contributed by atoms with Gasteiger partial charge < -0.3 is 16.3 Å². The Bertz CT molecular complexity index is 456. The number of sulfone groups is 1. The van der Waals surface area contributed by atoms with E-state index in [0.29, 0.717) is 12.8 Å². The Hall–Kier alpha value is -0.820. The van der Waals surface area contributed by atoms with Crippen LogP contribution in [0.15, 0.2) is 5.16 Å². The molecule has 1 saturated heterocycles. The fraction of sp³-hybridized carbons (Fsp3) is 0.909. The summed E-state index contributed by atoms with van der Waals surface area (Å²) in [4.78, 5) is 0. The summed E-state index contributed by atoms with van der Waals surface area (Å²) in [6.45, 7) is 2.69. The van der Waals surface area contributed by atoms with E-state index in [4.69, 9.17) is 10.9 Å². The first-order valence-electron chi connectivity index (χ1n) is 6.20. The first-order valence-corrected chi connectivity index (χ1v) is 8.02. The molecule has 0 spiro atoms. The van der Waals surface area contributed by atoms with Gasteiger partial charge in [-0.1, -0.05) is 5.16 Å². The van der Waals surface area contributed by atoms with E-state index in [1.54, 1.807) is 0 Å². The molecule has 104 valence electrons. The Kier molecular flexibility index (Phi) is 3.31. The van der Waals surface area contributed by atoms with Crippen LogP contribution in [-0.4, -0.2) is 43.1 Å². The molecule has 1 atom stereocenters. The zero-order chi connectivity index (χ0) is 13.4. The minimum absolute atomic E-state index is 0.0612. The van der Waals surface area contributed by atoms with Gasteiger partial charge in [-0.2, -0.15) is 0 Å². The summed E-state index contributed by atoms with van der Waals surface area (Å²) in [6.07, 6.45) is 3.31. The van der Waals surface area contributed by atoms with Gasteiger partial charge in [0.05, 0.1) is 11.5 Å². The second-order valence-corrected chi connectivity index (χ2v) is 8.21. The molecule has 1 aliphatic heterocycles. The van der Waals surface area contributed by atoms with Gasteiger partial charge >= 0.3 is 0 Å². The number of nitrogens with one attached hydrogen (secondary N) is 1. The monoisotopic (exact) mass is 275 g/mol. The van der Waals surface area contributed by atoms with Crippen molar-refractivity contribution >= 4 is 15.7 Å². The largest absolute Gasteiger partial charge is 0.409 e. The highest BCUT2D eigenvalue weighted by Gasteiger charge is 2.46. The van der Waals surface area contributed by atoms with Crippen molar-refractivity contribution in [2.75, 3.05) is 18.1 Å². The van der Waals surface area contributed by atoms with Gasteiger partial charge in [-0.25, -0.2) is 8.42 Å². The molecular formula is C11H21N3O3S. The Morgan fingerprint density at radius 3 is 2.56 bits per heavy atom. The smallest absolute Gasteiger partial charge is 0.152 e. The molecule has 1 aliphatic carbocycles. The van der Waals surface area contributed by atoms with E-state index in [-0.39, 0.29) is 28.3 Å². The van der Waals surface area contributed by atoms with Gasteiger partial charge in [-0.3, -0.25) is 0 Å². The third kappa shape index (κ3) is 3.14. The molecule has 0 amide bonds. The summed E-state index contributed by atoms with van der Waals surface area (Å²) in [5.74, 6) is 0.724. The zero-order valence-corrected chi connectivity index (χ0v) is 11.5. The van der Waals surface area contributed by atoms with Crippen LogP contribution in [0.4, 0.5) is 0 Å². The number of oxime groups is 1. The summed E-state index contributed by atoms with van der Waals surface area (Å²) in [5, 5.41) is 15.0. The predicted octanol–water partition coefficient (Wildman–Crippen LogP) is 0.0699. The Balaban J connectivity index is 1.89. The second-order valence-electron chi connectivity index (χ2n) is 6.02. The van der Waals surface area contributed by atoms with E-state index < -0.39 is 9.84 Å². The lowest BCUT2D eigenvalue weighted by molar-refractivity contribution is 0.310. The van der Waals surface area contributed by atoms with E-state index >= 15 is 0 Å². The van der Waals surface area contributed by atoms with Gasteiger partial charge in [-0.15, -0.1) is 0 Å². The highest BCUT2D eigenvalue weighted by atomic mass is 32.2. The summed E-state index contributed by atoms with van der Waals surface area (Å²) in [7, 11) is -2.88. The quantitative estimate of drug-likeness (QED) is 0.285. The minimum Gasteiger partial charge on any atom is -0.409 e. The van der Waals surface area contributed by atoms with Gasteiger partial charge in [0.1, 0.15) is 5.84 Å². The maximum Gasteiger partial charge on any atom is 0.152 e. The topological polar surface area (TPSA) is 105 Å². The van der Waals surface area contributed by atoms with Crippen LogP contribution in [0.3, 0.4) is 0 Å². The molecule has 1 saturated carbocycles. The van der Waals surface area contributed by atoms with Crippen molar-refractivity contribution < 1.29 is 13.6 Å². The van der Waals surface area contributed by atoms with Crippen LogP contribution >= 0.6 is 0 Å². The molecule has 1 heterocycles. The zero-order valence-electron chi connectivity index (χ0n) is 10.6. The Labute approximate surface area is 108 Å². The van der Waals surface area contributed by atoms with E-state index in [2.05, 4.69) is 10.5 Å². The number of nitrogens with two attached hydrogens (primary N) is 1. The Morgan fingerprint density at radius 2 is 2.11 bits per heavy atom. The molecule has 18 heavy (non-hydrogen) atoms. The van der Waals surface area contributed by atoms with Crippen LogP contribution in [0.2, 0.25) is 0 Å². The molecule has 1 unspecified atom stereocenters. The lowest BCUT2D eigenvalue weighted by Crippen LogP contribution is -2.46. The number of nitrogens with zero attached hydrogens (tertiary/aromatic N) is 1. The first kappa shape index (κ1) is 13.6. The highest BCUT2D eigenvalue weighted by Crippen LogP contribution is 2.48. The van der Waals surface area contributed by atoms with Crippen molar-refractivity contribution in [1.29, 1.82) is 0 Å². The average Bonchev–Trinajstić information content (AvgIpc) is 2.98. The van der Waals surface area contributed by atoms with Crippen LogP contribution in [0.1, 0.15) is 32.6 Å². The van der Waals surface area contributed by atoms with Gasteiger partial charge in [0.2, 0.25) is 0 Å². The van der Waals surface area contributed by atoms with Crippen molar-refractivity contribution in [3.05, 3.63) is 0 Å². The van der Waals surface area contributed by atoms with Crippen molar-refractivity contribution in [3.63, 3.8) is 0 Å². The van der Waals surface area contributed by atoms with E-state index in [0.717, 1.165) is 19.4 Å². The van der Waals surface area contributed by atoms with Gasteiger partial charge in [0.15, 0.2) is 9.84 Å². The standard InChI is InChI=1S/C11H21N3O3S/c1-10(4-5-18(16,17)8-10)13-7-11(2-3-11)6-9(12)14-15/h13,15H,2-8H2,1H3,(H2,12,14). The number of rotatable bonds is 5. The molecule has 4 N–H and O–H groups in total. The number of hydrogen-bond donors (Lipinski definition) is 3. The third-order valence-electron chi connectivity index (χ3n) is 4.04. The molecule has 0 aromatic rings. The second kappa shape index (κ2) is 4.38. The highest BCUT2D eigenvalue weighted by molar-refractivity contribution is 7.91. The molecule has 6 nitrogen and oxygen atoms in total. The minimum atomic E-state index is -2.88. The van der Waals surface area contributed by atoms with Gasteiger partial charge in [0.25, 0.3) is 0 Å². The van der Waals surface area contributed by atoms with Crippen molar-refractivity contribution in [2.45, 2.75) is 38.1 Å². The maximum absolute atomic E-state index is 11.5. The van der Waals surface area contributed by atoms with Crippen LogP contribution < -0.4 is 11.1 Å². The molecule has 2 rings (SSSR count). The molecule has 7 heteroatoms. The van der Waals surface area contributed by atoms with Crippen LogP contribution in [0, 0.1) is 5.41 Å². The molecule has 2 aliphatic rings. The molecule has 0 radical (unpaired) electrons. The van der Waals surface area contributed by atoms with E-state index in [9.17, 15) is 8.42 Å².